The molecule has 2 heterocycles. The van der Waals surface area contributed by atoms with Gasteiger partial charge in [0, 0.05) is 17.3 Å². The molecular formula is C13H16N4OS. The number of nitrogens with one attached hydrogen (secondary N) is 1. The van der Waals surface area contributed by atoms with Gasteiger partial charge in [0.2, 0.25) is 0 Å². The number of hydrogen-bond acceptors (Lipinski definition) is 5. The molecule has 0 aliphatic rings. The molecule has 0 saturated heterocycles. The van der Waals surface area contributed by atoms with Crippen molar-refractivity contribution in [2.45, 2.75) is 32.7 Å². The molecule has 19 heavy (non-hydrogen) atoms. The predicted octanol–water partition coefficient (Wildman–Crippen LogP) is 2.30. The van der Waals surface area contributed by atoms with Crippen LogP contribution >= 0.6 is 11.3 Å². The topological polar surface area (TPSA) is 67.8 Å². The van der Waals surface area contributed by atoms with E-state index in [0.29, 0.717) is 5.69 Å². The smallest absolute Gasteiger partial charge is 0.270 e. The maximum absolute atomic E-state index is 12.2. The van der Waals surface area contributed by atoms with Crippen molar-refractivity contribution in [2.24, 2.45) is 0 Å². The SMILES string of the molecule is CCC(C)(NC(=O)c1cc(C)ncn1)c1nccs1. The van der Waals surface area contributed by atoms with Crippen LogP contribution < -0.4 is 5.32 Å². The molecule has 0 aromatic carbocycles. The lowest BCUT2D eigenvalue weighted by Crippen LogP contribution is -2.43. The molecule has 0 spiro atoms. The molecule has 0 fully saturated rings. The number of hydrogen-bond donors (Lipinski definition) is 1. The fraction of sp³-hybridized carbons (Fsp3) is 0.385. The van der Waals surface area contributed by atoms with Crippen LogP contribution in [0.4, 0.5) is 0 Å². The highest BCUT2D eigenvalue weighted by Crippen LogP contribution is 2.26. The summed E-state index contributed by atoms with van der Waals surface area (Å²) in [6.45, 7) is 5.82. The molecule has 0 aliphatic heterocycles. The Morgan fingerprint density at radius 3 is 2.79 bits per heavy atom. The van der Waals surface area contributed by atoms with Gasteiger partial charge in [0.1, 0.15) is 17.0 Å². The van der Waals surface area contributed by atoms with Crippen LogP contribution in [0.25, 0.3) is 0 Å². The van der Waals surface area contributed by atoms with Crippen molar-refractivity contribution in [3.8, 4) is 0 Å². The first-order valence-electron chi connectivity index (χ1n) is 6.06. The standard InChI is InChI=1S/C13H16N4OS/c1-4-13(3,12-14-5-6-19-12)17-11(18)10-7-9(2)15-8-16-10/h5-8H,4H2,1-3H3,(H,17,18). The molecule has 0 aliphatic carbocycles. The van der Waals surface area contributed by atoms with Gasteiger partial charge < -0.3 is 5.32 Å². The second-order valence-electron chi connectivity index (χ2n) is 4.52. The zero-order chi connectivity index (χ0) is 13.9. The number of carbonyl (C=O) groups is 1. The number of aryl methyl sites for hydroxylation is 1. The van der Waals surface area contributed by atoms with Crippen molar-refractivity contribution in [3.63, 3.8) is 0 Å². The third kappa shape index (κ3) is 2.96. The summed E-state index contributed by atoms with van der Waals surface area (Å²) < 4.78 is 0. The first-order chi connectivity index (χ1) is 9.05. The van der Waals surface area contributed by atoms with E-state index >= 15 is 0 Å². The maximum atomic E-state index is 12.2. The van der Waals surface area contributed by atoms with Crippen LogP contribution in [0.5, 0.6) is 0 Å². The summed E-state index contributed by atoms with van der Waals surface area (Å²) in [7, 11) is 0. The number of carbonyl (C=O) groups excluding carboxylic acids is 1. The molecule has 2 aromatic rings. The zero-order valence-electron chi connectivity index (χ0n) is 11.2. The molecule has 0 bridgehead atoms. The molecule has 1 amide bonds. The monoisotopic (exact) mass is 276 g/mol. The van der Waals surface area contributed by atoms with Gasteiger partial charge in [-0.3, -0.25) is 4.79 Å². The van der Waals surface area contributed by atoms with E-state index in [4.69, 9.17) is 0 Å². The normalized spacial score (nSPS) is 13.8. The molecule has 1 atom stereocenters. The maximum Gasteiger partial charge on any atom is 0.270 e. The van der Waals surface area contributed by atoms with E-state index in [1.165, 1.54) is 17.7 Å². The van der Waals surface area contributed by atoms with Crippen LogP contribution in [0, 0.1) is 6.92 Å². The van der Waals surface area contributed by atoms with Gasteiger partial charge >= 0.3 is 0 Å². The quantitative estimate of drug-likeness (QED) is 0.930. The van der Waals surface area contributed by atoms with E-state index in [-0.39, 0.29) is 5.91 Å². The van der Waals surface area contributed by atoms with E-state index < -0.39 is 5.54 Å². The second kappa shape index (κ2) is 5.44. The summed E-state index contributed by atoms with van der Waals surface area (Å²) in [5, 5.41) is 5.81. The predicted molar refractivity (Wildman–Crippen MR) is 74.0 cm³/mol. The molecule has 6 heteroatoms. The van der Waals surface area contributed by atoms with Gasteiger partial charge in [0.15, 0.2) is 0 Å². The number of rotatable bonds is 4. The van der Waals surface area contributed by atoms with Crippen molar-refractivity contribution in [3.05, 3.63) is 40.4 Å². The molecule has 2 rings (SSSR count). The molecular weight excluding hydrogens is 260 g/mol. The fourth-order valence-electron chi connectivity index (χ4n) is 1.68. The average molecular weight is 276 g/mol. The van der Waals surface area contributed by atoms with Gasteiger partial charge in [-0.05, 0) is 26.3 Å². The van der Waals surface area contributed by atoms with Crippen molar-refractivity contribution in [1.29, 1.82) is 0 Å². The number of amides is 1. The van der Waals surface area contributed by atoms with Crippen molar-refractivity contribution in [2.75, 3.05) is 0 Å². The Balaban J connectivity index is 2.22. The van der Waals surface area contributed by atoms with Crippen LogP contribution in [0.3, 0.4) is 0 Å². The summed E-state index contributed by atoms with van der Waals surface area (Å²) >= 11 is 1.54. The van der Waals surface area contributed by atoms with Gasteiger partial charge in [0.05, 0.1) is 5.54 Å². The molecule has 1 N–H and O–H groups in total. The number of nitrogens with zero attached hydrogens (tertiary/aromatic N) is 3. The largest absolute Gasteiger partial charge is 0.339 e. The average Bonchev–Trinajstić information content (AvgIpc) is 2.93. The van der Waals surface area contributed by atoms with Gasteiger partial charge in [0.25, 0.3) is 5.91 Å². The Kier molecular flexibility index (Phi) is 3.90. The third-order valence-corrected chi connectivity index (χ3v) is 4.07. The molecule has 2 aromatic heterocycles. The second-order valence-corrected chi connectivity index (χ2v) is 5.42. The molecule has 100 valence electrons. The minimum Gasteiger partial charge on any atom is -0.339 e. The van der Waals surface area contributed by atoms with Crippen molar-refractivity contribution in [1.82, 2.24) is 20.3 Å². The zero-order valence-corrected chi connectivity index (χ0v) is 12.0. The number of thiazole rings is 1. The number of aromatic nitrogens is 3. The van der Waals surface area contributed by atoms with Gasteiger partial charge in [-0.1, -0.05) is 6.92 Å². The van der Waals surface area contributed by atoms with Gasteiger partial charge in [-0.2, -0.15) is 0 Å². The van der Waals surface area contributed by atoms with Gasteiger partial charge in [-0.25, -0.2) is 15.0 Å². The lowest BCUT2D eigenvalue weighted by atomic mass is 9.99. The van der Waals surface area contributed by atoms with E-state index in [2.05, 4.69) is 20.3 Å². The van der Waals surface area contributed by atoms with Crippen LogP contribution in [0.1, 0.15) is 41.5 Å². The van der Waals surface area contributed by atoms with E-state index in [9.17, 15) is 4.79 Å². The summed E-state index contributed by atoms with van der Waals surface area (Å²) in [5.41, 5.74) is 0.681. The Labute approximate surface area is 116 Å². The Bertz CT molecular complexity index is 570. The first-order valence-corrected chi connectivity index (χ1v) is 6.94. The lowest BCUT2D eigenvalue weighted by Gasteiger charge is -2.27. The Hall–Kier alpha value is -1.82. The minimum atomic E-state index is -0.468. The Morgan fingerprint density at radius 2 is 2.21 bits per heavy atom. The summed E-state index contributed by atoms with van der Waals surface area (Å²) in [5.74, 6) is -0.204. The van der Waals surface area contributed by atoms with Crippen LogP contribution in [0.2, 0.25) is 0 Å². The van der Waals surface area contributed by atoms with Crippen molar-refractivity contribution >= 4 is 17.2 Å². The van der Waals surface area contributed by atoms with Crippen molar-refractivity contribution < 1.29 is 4.79 Å². The molecule has 1 unspecified atom stereocenters. The molecule has 0 saturated carbocycles. The van der Waals surface area contributed by atoms with Gasteiger partial charge in [-0.15, -0.1) is 11.3 Å². The van der Waals surface area contributed by atoms with Crippen LogP contribution in [0.15, 0.2) is 24.0 Å². The lowest BCUT2D eigenvalue weighted by molar-refractivity contribution is 0.0896. The minimum absolute atomic E-state index is 0.204. The van der Waals surface area contributed by atoms with E-state index in [0.717, 1.165) is 17.1 Å². The molecule has 0 radical (unpaired) electrons. The van der Waals surface area contributed by atoms with Crippen LogP contribution in [-0.4, -0.2) is 20.9 Å². The summed E-state index contributed by atoms with van der Waals surface area (Å²) in [4.78, 5) is 24.5. The summed E-state index contributed by atoms with van der Waals surface area (Å²) in [6, 6.07) is 1.67. The summed E-state index contributed by atoms with van der Waals surface area (Å²) in [6.07, 6.45) is 3.90. The van der Waals surface area contributed by atoms with E-state index in [1.807, 2.05) is 26.2 Å². The highest BCUT2D eigenvalue weighted by molar-refractivity contribution is 7.09. The molecule has 5 nitrogen and oxygen atoms in total. The highest BCUT2D eigenvalue weighted by atomic mass is 32.1. The Morgan fingerprint density at radius 1 is 1.42 bits per heavy atom. The highest BCUT2D eigenvalue weighted by Gasteiger charge is 2.29. The van der Waals surface area contributed by atoms with Crippen LogP contribution in [-0.2, 0) is 5.54 Å². The first kappa shape index (κ1) is 13.6. The fourth-order valence-corrected chi connectivity index (χ4v) is 2.51. The third-order valence-electron chi connectivity index (χ3n) is 3.04. The van der Waals surface area contributed by atoms with E-state index in [1.54, 1.807) is 12.3 Å².